The normalized spacial score (nSPS) is 12.6. The minimum Gasteiger partial charge on any atom is -0.309 e. The van der Waals surface area contributed by atoms with Gasteiger partial charge in [0.1, 0.15) is 0 Å². The number of aromatic nitrogens is 3. The van der Waals surface area contributed by atoms with Crippen molar-refractivity contribution >= 4 is 91.9 Å². The summed E-state index contributed by atoms with van der Waals surface area (Å²) in [7, 11) is -3.13. The average molecular weight is 794 g/mol. The molecule has 0 aliphatic carbocycles. The molecule has 0 spiro atoms. The lowest BCUT2D eigenvalue weighted by atomic mass is 10.0. The molecule has 286 valence electrons. The Morgan fingerprint density at radius 1 is 0.271 bits per heavy atom. The molecule has 0 unspecified atom stereocenters. The Hall–Kier alpha value is -6.41. The van der Waals surface area contributed by atoms with E-state index in [1.165, 1.54) is 104 Å². The highest BCUT2D eigenvalue weighted by atomic mass is 28.3. The number of nitrogens with zero attached hydrogens (tertiary/aromatic N) is 3. The quantitative estimate of drug-likeness (QED) is 0.149. The van der Waals surface area contributed by atoms with Crippen molar-refractivity contribution in [3.05, 3.63) is 176 Å². The van der Waals surface area contributed by atoms with Crippen LogP contribution in [-0.4, -0.2) is 29.8 Å². The lowest BCUT2D eigenvalue weighted by Crippen LogP contribution is -2.37. The fourth-order valence-electron chi connectivity index (χ4n) is 9.43. The van der Waals surface area contributed by atoms with E-state index in [4.69, 9.17) is 0 Å². The van der Waals surface area contributed by atoms with Crippen LogP contribution in [0.5, 0.6) is 0 Å². The molecule has 5 heteroatoms. The Bertz CT molecular complexity index is 3450. The van der Waals surface area contributed by atoms with Gasteiger partial charge in [-0.1, -0.05) is 141 Å². The van der Waals surface area contributed by atoms with Gasteiger partial charge < -0.3 is 13.7 Å². The van der Waals surface area contributed by atoms with E-state index in [2.05, 4.69) is 229 Å². The maximum Gasteiger partial charge on any atom is 0.0776 e. The molecular weight excluding hydrogens is 747 g/mol. The second-order valence-corrected chi connectivity index (χ2v) is 28.5. The SMILES string of the molecule is C[Si](C)(C)c1ccc2c(c1)c1cc(-c3ccc4c(c3)c3cc([Si](C)(C)C)ccc3n4-c3ccc4c(c3)c3ccccc3n4-c3ccccc3)ccc1n2-c1ccccc1. The lowest BCUT2D eigenvalue weighted by Gasteiger charge is -2.17. The van der Waals surface area contributed by atoms with E-state index in [9.17, 15) is 0 Å². The fraction of sp³-hybridized carbons (Fsp3) is 0.111. The molecule has 0 radical (unpaired) electrons. The van der Waals surface area contributed by atoms with Crippen molar-refractivity contribution in [1.29, 1.82) is 0 Å². The lowest BCUT2D eigenvalue weighted by molar-refractivity contribution is 1.17. The van der Waals surface area contributed by atoms with E-state index in [0.717, 1.165) is 0 Å². The number of rotatable bonds is 6. The molecule has 0 aliphatic rings. The monoisotopic (exact) mass is 793 g/mol. The van der Waals surface area contributed by atoms with Gasteiger partial charge >= 0.3 is 0 Å². The van der Waals surface area contributed by atoms with E-state index in [-0.39, 0.29) is 0 Å². The highest BCUT2D eigenvalue weighted by Gasteiger charge is 2.23. The van der Waals surface area contributed by atoms with Gasteiger partial charge in [-0.25, -0.2) is 0 Å². The first kappa shape index (κ1) is 35.7. The van der Waals surface area contributed by atoms with Crippen molar-refractivity contribution in [2.75, 3.05) is 0 Å². The molecule has 0 fully saturated rings. The highest BCUT2D eigenvalue weighted by molar-refractivity contribution is 6.89. The zero-order valence-corrected chi connectivity index (χ0v) is 36.6. The predicted molar refractivity (Wildman–Crippen MR) is 261 cm³/mol. The highest BCUT2D eigenvalue weighted by Crippen LogP contribution is 2.40. The summed E-state index contributed by atoms with van der Waals surface area (Å²) in [4.78, 5) is 0. The van der Waals surface area contributed by atoms with Crippen LogP contribution in [0.25, 0.3) is 93.6 Å². The van der Waals surface area contributed by atoms with Crippen LogP contribution in [0.2, 0.25) is 39.3 Å². The van der Waals surface area contributed by atoms with Crippen LogP contribution in [0.1, 0.15) is 0 Å². The molecule has 0 aliphatic heterocycles. The van der Waals surface area contributed by atoms with Crippen LogP contribution in [0.15, 0.2) is 176 Å². The van der Waals surface area contributed by atoms with E-state index >= 15 is 0 Å². The second-order valence-electron chi connectivity index (χ2n) is 18.3. The Morgan fingerprint density at radius 2 is 0.627 bits per heavy atom. The van der Waals surface area contributed by atoms with E-state index in [1.54, 1.807) is 0 Å². The first-order valence-corrected chi connectivity index (χ1v) is 27.9. The van der Waals surface area contributed by atoms with Gasteiger partial charge in [-0.05, 0) is 96.1 Å². The van der Waals surface area contributed by atoms with Gasteiger partial charge in [0.15, 0.2) is 0 Å². The molecule has 0 amide bonds. The zero-order chi connectivity index (χ0) is 40.2. The molecule has 11 rings (SSSR count). The molecule has 0 saturated carbocycles. The maximum atomic E-state index is 2.50. The molecule has 3 nitrogen and oxygen atoms in total. The van der Waals surface area contributed by atoms with Crippen molar-refractivity contribution in [2.45, 2.75) is 39.3 Å². The molecule has 11 aromatic rings. The summed E-state index contributed by atoms with van der Waals surface area (Å²) in [6.07, 6.45) is 0. The molecule has 59 heavy (non-hydrogen) atoms. The zero-order valence-electron chi connectivity index (χ0n) is 34.6. The average Bonchev–Trinajstić information content (AvgIpc) is 3.88. The number of benzene rings is 8. The molecule has 0 N–H and O–H groups in total. The van der Waals surface area contributed by atoms with Crippen LogP contribution in [0, 0.1) is 0 Å². The summed E-state index contributed by atoms with van der Waals surface area (Å²) >= 11 is 0. The van der Waals surface area contributed by atoms with E-state index < -0.39 is 16.1 Å². The van der Waals surface area contributed by atoms with Crippen LogP contribution in [0.3, 0.4) is 0 Å². The summed E-state index contributed by atoms with van der Waals surface area (Å²) in [5.74, 6) is 0. The summed E-state index contributed by atoms with van der Waals surface area (Å²) in [5.41, 5.74) is 13.4. The van der Waals surface area contributed by atoms with Gasteiger partial charge in [-0.15, -0.1) is 0 Å². The van der Waals surface area contributed by atoms with E-state index in [0.29, 0.717) is 0 Å². The van der Waals surface area contributed by atoms with Gasteiger partial charge in [-0.2, -0.15) is 0 Å². The first-order chi connectivity index (χ1) is 28.5. The van der Waals surface area contributed by atoms with Crippen molar-refractivity contribution in [3.8, 4) is 28.2 Å². The second kappa shape index (κ2) is 13.1. The topological polar surface area (TPSA) is 14.8 Å². The van der Waals surface area contributed by atoms with Crippen molar-refractivity contribution < 1.29 is 0 Å². The molecule has 8 aromatic carbocycles. The van der Waals surface area contributed by atoms with Crippen LogP contribution in [-0.2, 0) is 0 Å². The standard InChI is InChI=1S/C54H47N3Si2/c1-58(2,3)41-24-29-53-47(34-41)44-31-36(21-26-50(44)56(53)39-17-11-8-12-18-39)37-22-27-51-45(32-37)48-35-42(59(4,5)6)25-30-54(48)57(51)40-23-28-52-46(33-40)43-19-13-14-20-49(43)55(52)38-15-9-7-10-16-38/h7-35H,1-6H3. The van der Waals surface area contributed by atoms with Crippen LogP contribution in [0.4, 0.5) is 0 Å². The Morgan fingerprint density at radius 3 is 1.10 bits per heavy atom. The smallest absolute Gasteiger partial charge is 0.0776 e. The van der Waals surface area contributed by atoms with Crippen molar-refractivity contribution in [2.24, 2.45) is 0 Å². The van der Waals surface area contributed by atoms with Crippen LogP contribution >= 0.6 is 0 Å². The fourth-order valence-corrected chi connectivity index (χ4v) is 11.7. The number of hydrogen-bond donors (Lipinski definition) is 0. The predicted octanol–water partition coefficient (Wildman–Crippen LogP) is 13.7. The summed E-state index contributed by atoms with van der Waals surface area (Å²) < 4.78 is 7.32. The third-order valence-electron chi connectivity index (χ3n) is 12.5. The van der Waals surface area contributed by atoms with Gasteiger partial charge in [-0.3, -0.25) is 0 Å². The number of hydrogen-bond acceptors (Lipinski definition) is 0. The molecule has 3 aromatic heterocycles. The third kappa shape index (κ3) is 5.67. The number of para-hydroxylation sites is 3. The Kier molecular flexibility index (Phi) is 7.90. The molecule has 0 atom stereocenters. The molecule has 3 heterocycles. The van der Waals surface area contributed by atoms with Gasteiger partial charge in [0.05, 0.1) is 49.2 Å². The maximum absolute atomic E-state index is 2.50. The van der Waals surface area contributed by atoms with Crippen molar-refractivity contribution in [1.82, 2.24) is 13.7 Å². The summed E-state index contributed by atoms with van der Waals surface area (Å²) in [6, 6.07) is 66.1. The van der Waals surface area contributed by atoms with Gasteiger partial charge in [0.25, 0.3) is 0 Å². The first-order valence-electron chi connectivity index (χ1n) is 20.9. The molecular formula is C54H47N3Si2. The Balaban J connectivity index is 1.13. The Labute approximate surface area is 347 Å². The number of fused-ring (bicyclic) bond motifs is 9. The van der Waals surface area contributed by atoms with Crippen molar-refractivity contribution in [3.63, 3.8) is 0 Å². The van der Waals surface area contributed by atoms with E-state index in [1.807, 2.05) is 0 Å². The van der Waals surface area contributed by atoms with Gasteiger partial charge in [0.2, 0.25) is 0 Å². The minimum absolute atomic E-state index is 1.18. The molecule has 0 saturated heterocycles. The third-order valence-corrected chi connectivity index (χ3v) is 16.6. The summed E-state index contributed by atoms with van der Waals surface area (Å²) in [6.45, 7) is 14.7. The largest absolute Gasteiger partial charge is 0.309 e. The summed E-state index contributed by atoms with van der Waals surface area (Å²) in [5, 5.41) is 10.7. The minimum atomic E-state index is -1.59. The van der Waals surface area contributed by atoms with Gasteiger partial charge in [0, 0.05) is 49.4 Å². The molecule has 0 bridgehead atoms. The van der Waals surface area contributed by atoms with Crippen LogP contribution < -0.4 is 10.4 Å².